The second-order valence-corrected chi connectivity index (χ2v) is 3.10. The number of hydrogen-bond donors (Lipinski definition) is 0. The molecular formula is C7H5BFI. The summed E-state index contributed by atoms with van der Waals surface area (Å²) in [5.74, 6) is -0.207. The van der Waals surface area contributed by atoms with Gasteiger partial charge in [-0.3, -0.25) is 0 Å². The summed E-state index contributed by atoms with van der Waals surface area (Å²) in [5.41, 5.74) is 0.988. The first kappa shape index (κ1) is 8.05. The van der Waals surface area contributed by atoms with E-state index in [1.54, 1.807) is 6.07 Å². The first-order chi connectivity index (χ1) is 4.74. The van der Waals surface area contributed by atoms with E-state index < -0.39 is 0 Å². The van der Waals surface area contributed by atoms with Gasteiger partial charge in [0.25, 0.3) is 0 Å². The normalized spacial score (nSPS) is 9.80. The molecule has 0 N–H and O–H groups in total. The summed E-state index contributed by atoms with van der Waals surface area (Å²) in [6, 6.07) is 4.60. The molecule has 1 aromatic rings. The molecule has 3 heteroatoms. The number of benzene rings is 1. The van der Waals surface area contributed by atoms with E-state index in [0.717, 1.165) is 9.13 Å². The van der Waals surface area contributed by atoms with Gasteiger partial charge in [-0.15, -0.1) is 0 Å². The first-order valence-electron chi connectivity index (χ1n) is 2.88. The Kier molecular flexibility index (Phi) is 2.71. The topological polar surface area (TPSA) is 0 Å². The molecule has 0 saturated heterocycles. The van der Waals surface area contributed by atoms with Crippen molar-refractivity contribution in [3.8, 4) is 0 Å². The number of halogens is 2. The van der Waals surface area contributed by atoms with E-state index in [1.165, 1.54) is 12.1 Å². The van der Waals surface area contributed by atoms with Crippen molar-refractivity contribution in [1.29, 1.82) is 0 Å². The highest BCUT2D eigenvalue weighted by atomic mass is 127. The van der Waals surface area contributed by atoms with Crippen molar-refractivity contribution in [2.45, 2.75) is 6.32 Å². The summed E-state index contributed by atoms with van der Waals surface area (Å²) in [6.45, 7) is 0. The van der Waals surface area contributed by atoms with Gasteiger partial charge in [0, 0.05) is 3.57 Å². The van der Waals surface area contributed by atoms with E-state index in [2.05, 4.69) is 22.6 Å². The van der Waals surface area contributed by atoms with Crippen molar-refractivity contribution in [1.82, 2.24) is 0 Å². The van der Waals surface area contributed by atoms with Gasteiger partial charge >= 0.3 is 0 Å². The third kappa shape index (κ3) is 1.72. The van der Waals surface area contributed by atoms with Crippen LogP contribution in [-0.2, 0) is 6.32 Å². The minimum Gasteiger partial charge on any atom is -0.207 e. The molecule has 0 saturated carbocycles. The Morgan fingerprint density at radius 3 is 2.70 bits per heavy atom. The molecule has 0 aliphatic carbocycles. The predicted molar refractivity (Wildman–Crippen MR) is 48.6 cm³/mol. The SMILES string of the molecule is [B]Cc1ccc(F)cc1I. The lowest BCUT2D eigenvalue weighted by Crippen LogP contribution is -1.88. The van der Waals surface area contributed by atoms with E-state index in [0.29, 0.717) is 6.32 Å². The maximum atomic E-state index is 12.4. The predicted octanol–water partition coefficient (Wildman–Crippen LogP) is 2.10. The Balaban J connectivity index is 3.07. The van der Waals surface area contributed by atoms with Crippen LogP contribution in [0.3, 0.4) is 0 Å². The monoisotopic (exact) mass is 246 g/mol. The van der Waals surface area contributed by atoms with Gasteiger partial charge in [-0.05, 0) is 40.3 Å². The Morgan fingerprint density at radius 1 is 1.50 bits per heavy atom. The summed E-state index contributed by atoms with van der Waals surface area (Å²) in [4.78, 5) is 0. The minimum atomic E-state index is -0.207. The number of hydrogen-bond acceptors (Lipinski definition) is 0. The van der Waals surface area contributed by atoms with Crippen molar-refractivity contribution >= 4 is 30.4 Å². The van der Waals surface area contributed by atoms with E-state index in [1.807, 2.05) is 0 Å². The fourth-order valence-electron chi connectivity index (χ4n) is 0.687. The molecular weight excluding hydrogens is 241 g/mol. The Bertz CT molecular complexity index is 237. The maximum Gasteiger partial charge on any atom is 0.124 e. The zero-order valence-corrected chi connectivity index (χ0v) is 7.43. The third-order valence-corrected chi connectivity index (χ3v) is 2.24. The van der Waals surface area contributed by atoms with Gasteiger partial charge in [-0.25, -0.2) is 4.39 Å². The van der Waals surface area contributed by atoms with Crippen molar-refractivity contribution in [2.75, 3.05) is 0 Å². The van der Waals surface area contributed by atoms with Crippen molar-refractivity contribution in [2.24, 2.45) is 0 Å². The zero-order valence-electron chi connectivity index (χ0n) is 5.27. The van der Waals surface area contributed by atoms with Crippen LogP contribution in [0.25, 0.3) is 0 Å². The second-order valence-electron chi connectivity index (χ2n) is 1.94. The molecule has 10 heavy (non-hydrogen) atoms. The molecule has 0 aliphatic rings. The van der Waals surface area contributed by atoms with Crippen LogP contribution in [0.4, 0.5) is 4.39 Å². The summed E-state index contributed by atoms with van der Waals surface area (Å²) >= 11 is 2.07. The van der Waals surface area contributed by atoms with Gasteiger partial charge in [0.1, 0.15) is 5.82 Å². The number of rotatable bonds is 1. The Hall–Kier alpha value is -0.0551. The van der Waals surface area contributed by atoms with Crippen LogP contribution in [0.15, 0.2) is 18.2 Å². The highest BCUT2D eigenvalue weighted by Crippen LogP contribution is 2.12. The molecule has 1 rings (SSSR count). The quantitative estimate of drug-likeness (QED) is 0.525. The molecule has 0 bridgehead atoms. The van der Waals surface area contributed by atoms with Crippen LogP contribution in [0.2, 0.25) is 0 Å². The molecule has 0 unspecified atom stereocenters. The van der Waals surface area contributed by atoms with Crippen molar-refractivity contribution in [3.05, 3.63) is 33.1 Å². The lowest BCUT2D eigenvalue weighted by atomic mass is 9.97. The molecule has 0 fully saturated rings. The van der Waals surface area contributed by atoms with Crippen molar-refractivity contribution < 1.29 is 4.39 Å². The molecule has 0 amide bonds. The third-order valence-electron chi connectivity index (χ3n) is 1.24. The Labute approximate surface area is 74.4 Å². The summed E-state index contributed by atoms with van der Waals surface area (Å²) in [5, 5.41) is 0. The lowest BCUT2D eigenvalue weighted by Gasteiger charge is -1.98. The van der Waals surface area contributed by atoms with Gasteiger partial charge < -0.3 is 0 Å². The van der Waals surface area contributed by atoms with E-state index in [9.17, 15) is 4.39 Å². The fourth-order valence-corrected chi connectivity index (χ4v) is 1.38. The van der Waals surface area contributed by atoms with Gasteiger partial charge in [-0.2, -0.15) is 0 Å². The fraction of sp³-hybridized carbons (Fsp3) is 0.143. The van der Waals surface area contributed by atoms with Crippen LogP contribution in [0, 0.1) is 9.39 Å². The first-order valence-corrected chi connectivity index (χ1v) is 3.96. The minimum absolute atomic E-state index is 0.207. The highest BCUT2D eigenvalue weighted by Gasteiger charge is 1.96. The highest BCUT2D eigenvalue weighted by molar-refractivity contribution is 14.1. The van der Waals surface area contributed by atoms with E-state index >= 15 is 0 Å². The van der Waals surface area contributed by atoms with Crippen LogP contribution >= 0.6 is 22.6 Å². The van der Waals surface area contributed by atoms with Crippen LogP contribution in [-0.4, -0.2) is 7.85 Å². The molecule has 0 heterocycles. The molecule has 0 spiro atoms. The molecule has 0 atom stereocenters. The molecule has 0 aromatic heterocycles. The summed E-state index contributed by atoms with van der Waals surface area (Å²) in [7, 11) is 5.37. The van der Waals surface area contributed by atoms with Gasteiger partial charge in [0.05, 0.1) is 7.85 Å². The molecule has 2 radical (unpaired) electrons. The lowest BCUT2D eigenvalue weighted by molar-refractivity contribution is 0.626. The van der Waals surface area contributed by atoms with E-state index in [4.69, 9.17) is 7.85 Å². The van der Waals surface area contributed by atoms with Crippen LogP contribution in [0.1, 0.15) is 5.56 Å². The molecule has 0 aliphatic heterocycles. The van der Waals surface area contributed by atoms with Crippen molar-refractivity contribution in [3.63, 3.8) is 0 Å². The molecule has 0 nitrogen and oxygen atoms in total. The van der Waals surface area contributed by atoms with Crippen LogP contribution < -0.4 is 0 Å². The van der Waals surface area contributed by atoms with E-state index in [-0.39, 0.29) is 5.82 Å². The molecule has 50 valence electrons. The summed E-state index contributed by atoms with van der Waals surface area (Å²) < 4.78 is 13.3. The summed E-state index contributed by atoms with van der Waals surface area (Å²) in [6.07, 6.45) is 0.471. The average Bonchev–Trinajstić information content (AvgIpc) is 1.88. The van der Waals surface area contributed by atoms with Gasteiger partial charge in [0.15, 0.2) is 0 Å². The average molecular weight is 246 g/mol. The Morgan fingerprint density at radius 2 is 2.20 bits per heavy atom. The largest absolute Gasteiger partial charge is 0.207 e. The maximum absolute atomic E-state index is 12.4. The molecule has 1 aromatic carbocycles. The zero-order chi connectivity index (χ0) is 7.56. The standard InChI is InChI=1S/C7H5BFI/c8-4-5-1-2-6(9)3-7(5)10/h1-3H,4H2. The van der Waals surface area contributed by atoms with Gasteiger partial charge in [-0.1, -0.05) is 12.4 Å². The second kappa shape index (κ2) is 3.37. The van der Waals surface area contributed by atoms with Gasteiger partial charge in [0.2, 0.25) is 0 Å². The smallest absolute Gasteiger partial charge is 0.124 e. The van der Waals surface area contributed by atoms with Crippen LogP contribution in [0.5, 0.6) is 0 Å².